The number of fused-ring (bicyclic) bond motifs is 2. The molecule has 0 radical (unpaired) electrons. The van der Waals surface area contributed by atoms with Crippen molar-refractivity contribution in [2.45, 2.75) is 50.3 Å². The second kappa shape index (κ2) is 8.45. The van der Waals surface area contributed by atoms with E-state index < -0.39 is 0 Å². The summed E-state index contributed by atoms with van der Waals surface area (Å²) in [7, 11) is 0. The van der Waals surface area contributed by atoms with E-state index in [2.05, 4.69) is 43.8 Å². The molecule has 2 aliphatic heterocycles. The zero-order valence-electron chi connectivity index (χ0n) is 18.1. The number of anilines is 1. The zero-order valence-corrected chi connectivity index (χ0v) is 19.7. The van der Waals surface area contributed by atoms with E-state index in [4.69, 9.17) is 10.00 Å². The molecule has 1 amide bonds. The summed E-state index contributed by atoms with van der Waals surface area (Å²) >= 11 is 3.44. The van der Waals surface area contributed by atoms with Crippen molar-refractivity contribution in [3.05, 3.63) is 52.4 Å². The summed E-state index contributed by atoms with van der Waals surface area (Å²) < 4.78 is 7.07. The lowest BCUT2D eigenvalue weighted by Crippen LogP contribution is -2.57. The quantitative estimate of drug-likeness (QED) is 0.588. The Morgan fingerprint density at radius 2 is 2.16 bits per heavy atom. The highest BCUT2D eigenvalue weighted by molar-refractivity contribution is 9.10. The van der Waals surface area contributed by atoms with E-state index in [9.17, 15) is 4.79 Å². The third kappa shape index (κ3) is 3.78. The van der Waals surface area contributed by atoms with Gasteiger partial charge in [0.05, 0.1) is 17.2 Å². The lowest BCUT2D eigenvalue weighted by molar-refractivity contribution is -0.154. The van der Waals surface area contributed by atoms with Crippen LogP contribution in [-0.4, -0.2) is 52.6 Å². The molecule has 2 bridgehead atoms. The van der Waals surface area contributed by atoms with Gasteiger partial charge in [0, 0.05) is 31.5 Å². The largest absolute Gasteiger partial charge is 0.360 e. The summed E-state index contributed by atoms with van der Waals surface area (Å²) in [6.07, 6.45) is 7.40. The zero-order chi connectivity index (χ0) is 22.3. The first-order chi connectivity index (χ1) is 15.5. The summed E-state index contributed by atoms with van der Waals surface area (Å²) in [6, 6.07) is 10.3. The van der Waals surface area contributed by atoms with Gasteiger partial charge in [-0.3, -0.25) is 4.79 Å². The van der Waals surface area contributed by atoms with Crippen molar-refractivity contribution in [3.8, 4) is 6.07 Å². The van der Waals surface area contributed by atoms with Crippen LogP contribution in [0.4, 0.5) is 5.82 Å². The second-order valence-electron chi connectivity index (χ2n) is 9.16. The second-order valence-corrected chi connectivity index (χ2v) is 9.97. The molecule has 2 aromatic heterocycles. The van der Waals surface area contributed by atoms with E-state index in [1.165, 1.54) is 0 Å². The van der Waals surface area contributed by atoms with Crippen molar-refractivity contribution in [2.75, 3.05) is 24.6 Å². The van der Waals surface area contributed by atoms with Gasteiger partial charge in [-0.2, -0.15) is 5.26 Å². The van der Waals surface area contributed by atoms with Crippen LogP contribution in [0.3, 0.4) is 0 Å². The van der Waals surface area contributed by atoms with Gasteiger partial charge in [0.15, 0.2) is 0 Å². The van der Waals surface area contributed by atoms with E-state index in [0.717, 1.165) is 41.7 Å². The molecule has 0 N–H and O–H groups in total. The molecule has 5 rings (SSSR count). The van der Waals surface area contributed by atoms with Gasteiger partial charge in [-0.15, -0.1) is 0 Å². The lowest BCUT2D eigenvalue weighted by Gasteiger charge is -2.44. The highest BCUT2D eigenvalue weighted by Crippen LogP contribution is 2.45. The Hall–Kier alpha value is -2.50. The normalized spacial score (nSPS) is 25.8. The van der Waals surface area contributed by atoms with Gasteiger partial charge in [0.25, 0.3) is 0 Å². The minimum absolute atomic E-state index is 0.0564. The molecule has 3 fully saturated rings. The van der Waals surface area contributed by atoms with Crippen LogP contribution >= 0.6 is 15.9 Å². The molecule has 2 aromatic rings. The van der Waals surface area contributed by atoms with Gasteiger partial charge in [-0.05, 0) is 77.4 Å². The molecule has 8 heteroatoms. The minimum atomic E-state index is -0.373. The van der Waals surface area contributed by atoms with Gasteiger partial charge in [0.2, 0.25) is 5.91 Å². The first kappa shape index (κ1) is 21.4. The van der Waals surface area contributed by atoms with Crippen LogP contribution in [-0.2, 0) is 15.1 Å². The average Bonchev–Trinajstić information content (AvgIpc) is 2.97. The molecule has 0 aromatic carbocycles. The topological polar surface area (TPSA) is 82.4 Å². The Bertz CT molecular complexity index is 1050. The number of carbonyl (C=O) groups is 1. The number of rotatable bonds is 5. The number of nitrogens with zero attached hydrogens (tertiary/aromatic N) is 5. The number of amides is 1. The Labute approximate surface area is 196 Å². The van der Waals surface area contributed by atoms with Crippen molar-refractivity contribution >= 4 is 27.7 Å². The molecule has 0 spiro atoms. The fraction of sp³-hybridized carbons (Fsp3) is 0.500. The predicted molar refractivity (Wildman–Crippen MR) is 123 cm³/mol. The number of hydrogen-bond acceptors (Lipinski definition) is 6. The Morgan fingerprint density at radius 3 is 2.78 bits per heavy atom. The first-order valence-corrected chi connectivity index (χ1v) is 12.0. The molecule has 2 unspecified atom stereocenters. The summed E-state index contributed by atoms with van der Waals surface area (Å²) in [5.41, 5.74) is 1.27. The van der Waals surface area contributed by atoms with E-state index >= 15 is 0 Å². The number of halogens is 1. The molecule has 7 nitrogen and oxygen atoms in total. The summed E-state index contributed by atoms with van der Waals surface area (Å²) in [5, 5.41) is 9.04. The van der Waals surface area contributed by atoms with E-state index in [1.54, 1.807) is 12.4 Å². The molecule has 166 valence electrons. The van der Waals surface area contributed by atoms with Crippen LogP contribution in [0.25, 0.3) is 0 Å². The van der Waals surface area contributed by atoms with Crippen LogP contribution < -0.4 is 4.90 Å². The van der Waals surface area contributed by atoms with Gasteiger partial charge < -0.3 is 14.5 Å². The number of piperazine rings is 1. The van der Waals surface area contributed by atoms with E-state index in [-0.39, 0.29) is 30.2 Å². The van der Waals surface area contributed by atoms with Crippen LogP contribution in [0.5, 0.6) is 0 Å². The molecule has 3 aliphatic rings. The van der Waals surface area contributed by atoms with E-state index in [1.807, 2.05) is 29.2 Å². The van der Waals surface area contributed by atoms with Crippen molar-refractivity contribution in [2.24, 2.45) is 5.92 Å². The van der Waals surface area contributed by atoms with Crippen molar-refractivity contribution in [3.63, 3.8) is 0 Å². The number of hydrogen-bond donors (Lipinski definition) is 0. The smallest absolute Gasteiger partial charge is 0.248 e. The molecule has 3 atom stereocenters. The SMILES string of the molecule is C[C@H]1CC2CN(C(=O)COC3(c4ccnc(Br)c4)CCC3)CC1N2c1ccc(C#N)cn1. The molecule has 2 saturated heterocycles. The highest BCUT2D eigenvalue weighted by atomic mass is 79.9. The summed E-state index contributed by atoms with van der Waals surface area (Å²) in [5.74, 6) is 1.42. The molecular weight excluding hydrogens is 470 g/mol. The van der Waals surface area contributed by atoms with Crippen LogP contribution in [0.1, 0.15) is 43.7 Å². The average molecular weight is 496 g/mol. The number of carbonyl (C=O) groups excluding carboxylic acids is 1. The Kier molecular flexibility index (Phi) is 5.64. The van der Waals surface area contributed by atoms with Gasteiger partial charge in [-0.1, -0.05) is 6.92 Å². The number of nitriles is 1. The Morgan fingerprint density at radius 1 is 1.31 bits per heavy atom. The number of ether oxygens (including phenoxy) is 1. The van der Waals surface area contributed by atoms with Gasteiger partial charge in [-0.25, -0.2) is 9.97 Å². The van der Waals surface area contributed by atoms with Crippen LogP contribution in [0, 0.1) is 17.2 Å². The van der Waals surface area contributed by atoms with E-state index in [0.29, 0.717) is 24.6 Å². The molecule has 1 saturated carbocycles. The van der Waals surface area contributed by atoms with Gasteiger partial charge >= 0.3 is 0 Å². The number of pyridine rings is 2. The third-order valence-electron chi connectivity index (χ3n) is 7.27. The number of aromatic nitrogens is 2. The summed E-state index contributed by atoms with van der Waals surface area (Å²) in [4.78, 5) is 26.2. The van der Waals surface area contributed by atoms with Crippen LogP contribution in [0.2, 0.25) is 0 Å². The third-order valence-corrected chi connectivity index (χ3v) is 7.70. The fourth-order valence-electron chi connectivity index (χ4n) is 5.39. The standard InChI is InChI=1S/C24H26BrN5O2/c1-16-9-19-13-29(14-20(16)30(19)22-4-3-17(11-26)12-28-22)23(31)15-32-24(6-2-7-24)18-5-8-27-21(25)10-18/h3-5,8,10,12,16,19-20H,2,6-7,9,13-15H2,1H3/t16-,19?,20?/m0/s1. The maximum atomic E-state index is 13.1. The molecule has 4 heterocycles. The fourth-order valence-corrected chi connectivity index (χ4v) is 5.75. The van der Waals surface area contributed by atoms with Crippen LogP contribution in [0.15, 0.2) is 41.3 Å². The minimum Gasteiger partial charge on any atom is -0.360 e. The molecule has 32 heavy (non-hydrogen) atoms. The molecule has 1 aliphatic carbocycles. The van der Waals surface area contributed by atoms with Crippen molar-refractivity contribution in [1.82, 2.24) is 14.9 Å². The molecular formula is C24H26BrN5O2. The first-order valence-electron chi connectivity index (χ1n) is 11.2. The number of likely N-dealkylation sites (tertiary alicyclic amines) is 1. The van der Waals surface area contributed by atoms with Gasteiger partial charge in [0.1, 0.15) is 23.1 Å². The monoisotopic (exact) mass is 495 g/mol. The van der Waals surface area contributed by atoms with Crippen molar-refractivity contribution < 1.29 is 9.53 Å². The maximum absolute atomic E-state index is 13.1. The van der Waals surface area contributed by atoms with Crippen molar-refractivity contribution in [1.29, 1.82) is 5.26 Å². The Balaban J connectivity index is 1.26. The predicted octanol–water partition coefficient (Wildman–Crippen LogP) is 3.63. The summed E-state index contributed by atoms with van der Waals surface area (Å²) in [6.45, 7) is 3.70. The lowest BCUT2D eigenvalue weighted by atomic mass is 9.75. The highest BCUT2D eigenvalue weighted by Gasteiger charge is 2.47. The maximum Gasteiger partial charge on any atom is 0.248 e.